The molecule has 0 atom stereocenters. The van der Waals surface area contributed by atoms with Crippen LogP contribution in [0.25, 0.3) is 0 Å². The highest BCUT2D eigenvalue weighted by atomic mass is 19.2. The van der Waals surface area contributed by atoms with Crippen LogP contribution in [-0.2, 0) is 0 Å². The predicted octanol–water partition coefficient (Wildman–Crippen LogP) is 2.54. The van der Waals surface area contributed by atoms with Gasteiger partial charge >= 0.3 is 0 Å². The average molecular weight is 215 g/mol. The molecule has 1 rings (SSSR count). The van der Waals surface area contributed by atoms with Crippen LogP contribution in [0.15, 0.2) is 18.2 Å². The van der Waals surface area contributed by atoms with E-state index in [0.717, 1.165) is 31.4 Å². The highest BCUT2D eigenvalue weighted by Gasteiger charge is 2.01. The van der Waals surface area contributed by atoms with Gasteiger partial charge < -0.3 is 10.4 Å². The predicted molar refractivity (Wildman–Crippen MR) is 55.8 cm³/mol. The third kappa shape index (κ3) is 4.25. The number of anilines is 1. The number of halogens is 2. The summed E-state index contributed by atoms with van der Waals surface area (Å²) in [5, 5.41) is 11.5. The SMILES string of the molecule is OCCCCCNc1ccc(F)c(F)c1. The minimum atomic E-state index is -0.838. The lowest BCUT2D eigenvalue weighted by atomic mass is 10.2. The monoisotopic (exact) mass is 215 g/mol. The van der Waals surface area contributed by atoms with Gasteiger partial charge in [0.1, 0.15) is 0 Å². The molecule has 2 nitrogen and oxygen atoms in total. The lowest BCUT2D eigenvalue weighted by Crippen LogP contribution is -2.02. The summed E-state index contributed by atoms with van der Waals surface area (Å²) in [6, 6.07) is 3.75. The molecule has 0 saturated heterocycles. The molecular formula is C11H15F2NO. The van der Waals surface area contributed by atoms with Crippen LogP contribution in [-0.4, -0.2) is 18.3 Å². The zero-order valence-corrected chi connectivity index (χ0v) is 8.47. The van der Waals surface area contributed by atoms with Crippen molar-refractivity contribution in [3.8, 4) is 0 Å². The largest absolute Gasteiger partial charge is 0.396 e. The Morgan fingerprint density at radius 1 is 1.07 bits per heavy atom. The molecule has 84 valence electrons. The molecule has 0 aliphatic carbocycles. The molecule has 2 N–H and O–H groups in total. The maximum absolute atomic E-state index is 12.8. The molecule has 0 amide bonds. The van der Waals surface area contributed by atoms with Gasteiger partial charge in [0, 0.05) is 18.8 Å². The summed E-state index contributed by atoms with van der Waals surface area (Å²) in [5.74, 6) is -1.67. The molecule has 0 heterocycles. The van der Waals surface area contributed by atoms with Gasteiger partial charge in [0.2, 0.25) is 0 Å². The van der Waals surface area contributed by atoms with E-state index in [0.29, 0.717) is 12.2 Å². The Morgan fingerprint density at radius 2 is 1.87 bits per heavy atom. The van der Waals surface area contributed by atoms with Gasteiger partial charge in [0.15, 0.2) is 11.6 Å². The van der Waals surface area contributed by atoms with E-state index in [-0.39, 0.29) is 6.61 Å². The molecule has 0 bridgehead atoms. The second kappa shape index (κ2) is 6.35. The summed E-state index contributed by atoms with van der Waals surface area (Å²) < 4.78 is 25.3. The van der Waals surface area contributed by atoms with E-state index in [4.69, 9.17) is 5.11 Å². The fourth-order valence-electron chi connectivity index (χ4n) is 1.25. The third-order valence-electron chi connectivity index (χ3n) is 2.08. The first kappa shape index (κ1) is 11.9. The Labute approximate surface area is 87.9 Å². The van der Waals surface area contributed by atoms with Crippen molar-refractivity contribution in [1.82, 2.24) is 0 Å². The summed E-state index contributed by atoms with van der Waals surface area (Å²) >= 11 is 0. The van der Waals surface area contributed by atoms with E-state index < -0.39 is 11.6 Å². The van der Waals surface area contributed by atoms with E-state index in [1.165, 1.54) is 6.07 Å². The van der Waals surface area contributed by atoms with E-state index in [2.05, 4.69) is 5.32 Å². The van der Waals surface area contributed by atoms with Gasteiger partial charge in [-0.05, 0) is 37.5 Å². The van der Waals surface area contributed by atoms with Gasteiger partial charge in [-0.3, -0.25) is 0 Å². The smallest absolute Gasteiger partial charge is 0.160 e. The summed E-state index contributed by atoms with van der Waals surface area (Å²) in [4.78, 5) is 0. The molecule has 1 aromatic rings. The fraction of sp³-hybridized carbons (Fsp3) is 0.455. The van der Waals surface area contributed by atoms with Crippen molar-refractivity contribution < 1.29 is 13.9 Å². The molecular weight excluding hydrogens is 200 g/mol. The quantitative estimate of drug-likeness (QED) is 0.715. The maximum Gasteiger partial charge on any atom is 0.160 e. The van der Waals surface area contributed by atoms with Crippen molar-refractivity contribution in [2.75, 3.05) is 18.5 Å². The van der Waals surface area contributed by atoms with Crippen LogP contribution >= 0.6 is 0 Å². The maximum atomic E-state index is 12.8. The van der Waals surface area contributed by atoms with Crippen molar-refractivity contribution in [3.05, 3.63) is 29.8 Å². The van der Waals surface area contributed by atoms with Crippen molar-refractivity contribution in [1.29, 1.82) is 0 Å². The third-order valence-corrected chi connectivity index (χ3v) is 2.08. The summed E-state index contributed by atoms with van der Waals surface area (Å²) in [5.41, 5.74) is 0.581. The molecule has 0 saturated carbocycles. The van der Waals surface area contributed by atoms with Crippen molar-refractivity contribution in [3.63, 3.8) is 0 Å². The summed E-state index contributed by atoms with van der Waals surface area (Å²) in [7, 11) is 0. The molecule has 0 aliphatic rings. The number of aliphatic hydroxyl groups is 1. The van der Waals surface area contributed by atoms with Crippen molar-refractivity contribution in [2.24, 2.45) is 0 Å². The van der Waals surface area contributed by atoms with Crippen LogP contribution < -0.4 is 5.32 Å². The van der Waals surface area contributed by atoms with Gasteiger partial charge in [-0.2, -0.15) is 0 Å². The van der Waals surface area contributed by atoms with Crippen LogP contribution in [0.4, 0.5) is 14.5 Å². The number of benzene rings is 1. The summed E-state index contributed by atoms with van der Waals surface area (Å²) in [6.45, 7) is 0.899. The fourth-order valence-corrected chi connectivity index (χ4v) is 1.25. The van der Waals surface area contributed by atoms with Gasteiger partial charge in [-0.15, -0.1) is 0 Å². The second-order valence-electron chi connectivity index (χ2n) is 3.34. The Bertz CT molecular complexity index is 305. The molecule has 0 fully saturated rings. The Kier molecular flexibility index (Phi) is 5.04. The number of aliphatic hydroxyl groups excluding tert-OH is 1. The minimum absolute atomic E-state index is 0.200. The van der Waals surface area contributed by atoms with E-state index in [1.807, 2.05) is 0 Å². The average Bonchev–Trinajstić information content (AvgIpc) is 2.23. The molecule has 0 aliphatic heterocycles. The molecule has 1 aromatic carbocycles. The van der Waals surface area contributed by atoms with Crippen LogP contribution in [0.1, 0.15) is 19.3 Å². The van der Waals surface area contributed by atoms with Gasteiger partial charge in [0.25, 0.3) is 0 Å². The van der Waals surface area contributed by atoms with Crippen LogP contribution in [0.3, 0.4) is 0 Å². The van der Waals surface area contributed by atoms with Crippen molar-refractivity contribution >= 4 is 5.69 Å². The molecule has 4 heteroatoms. The van der Waals surface area contributed by atoms with Crippen LogP contribution in [0, 0.1) is 11.6 Å². The Morgan fingerprint density at radius 3 is 2.53 bits per heavy atom. The number of hydrogen-bond acceptors (Lipinski definition) is 2. The lowest BCUT2D eigenvalue weighted by Gasteiger charge is -2.06. The first-order valence-corrected chi connectivity index (χ1v) is 5.04. The highest BCUT2D eigenvalue weighted by Crippen LogP contribution is 2.13. The van der Waals surface area contributed by atoms with Gasteiger partial charge in [-0.1, -0.05) is 0 Å². The first-order chi connectivity index (χ1) is 7.24. The lowest BCUT2D eigenvalue weighted by molar-refractivity contribution is 0.283. The number of unbranched alkanes of at least 4 members (excludes halogenated alkanes) is 2. The van der Waals surface area contributed by atoms with Crippen LogP contribution in [0.2, 0.25) is 0 Å². The standard InChI is InChI=1S/C11H15F2NO/c12-10-5-4-9(8-11(10)13)14-6-2-1-3-7-15/h4-5,8,14-15H,1-3,6-7H2. The van der Waals surface area contributed by atoms with E-state index in [1.54, 1.807) is 0 Å². The second-order valence-corrected chi connectivity index (χ2v) is 3.34. The molecule has 0 spiro atoms. The van der Waals surface area contributed by atoms with Gasteiger partial charge in [-0.25, -0.2) is 8.78 Å². The van der Waals surface area contributed by atoms with E-state index in [9.17, 15) is 8.78 Å². The van der Waals surface area contributed by atoms with Crippen molar-refractivity contribution in [2.45, 2.75) is 19.3 Å². The number of nitrogens with one attached hydrogen (secondary N) is 1. The van der Waals surface area contributed by atoms with Crippen LogP contribution in [0.5, 0.6) is 0 Å². The van der Waals surface area contributed by atoms with Gasteiger partial charge in [0.05, 0.1) is 0 Å². The zero-order chi connectivity index (χ0) is 11.1. The molecule has 0 unspecified atom stereocenters. The molecule has 0 radical (unpaired) electrons. The first-order valence-electron chi connectivity index (χ1n) is 5.04. The number of hydrogen-bond donors (Lipinski definition) is 2. The number of rotatable bonds is 6. The Hall–Kier alpha value is -1.16. The topological polar surface area (TPSA) is 32.3 Å². The molecule has 0 aromatic heterocycles. The van der Waals surface area contributed by atoms with E-state index >= 15 is 0 Å². The summed E-state index contributed by atoms with van der Waals surface area (Å²) in [6.07, 6.45) is 2.60. The normalized spacial score (nSPS) is 10.3. The molecule has 15 heavy (non-hydrogen) atoms. The minimum Gasteiger partial charge on any atom is -0.396 e. The zero-order valence-electron chi connectivity index (χ0n) is 8.47. The highest BCUT2D eigenvalue weighted by molar-refractivity contribution is 5.43. The Balaban J connectivity index is 2.28.